The molecule has 1 aliphatic rings. The molecule has 82 valence electrons. The summed E-state index contributed by atoms with van der Waals surface area (Å²) in [5.41, 5.74) is 1.12. The van der Waals surface area contributed by atoms with Crippen LogP contribution in [-0.2, 0) is 6.54 Å². The molecule has 2 heterocycles. The van der Waals surface area contributed by atoms with Crippen LogP contribution in [0.2, 0.25) is 0 Å². The highest BCUT2D eigenvalue weighted by molar-refractivity contribution is 7.09. The van der Waals surface area contributed by atoms with Crippen LogP contribution in [0.5, 0.6) is 11.5 Å². The molecule has 16 heavy (non-hydrogen) atoms. The van der Waals surface area contributed by atoms with Gasteiger partial charge in [-0.05, 0) is 17.7 Å². The fourth-order valence-corrected chi connectivity index (χ4v) is 1.90. The van der Waals surface area contributed by atoms with E-state index >= 15 is 0 Å². The van der Waals surface area contributed by atoms with Gasteiger partial charge in [0.05, 0.1) is 0 Å². The number of fused-ring (bicyclic) bond motifs is 1. The number of benzene rings is 1. The second-order valence-corrected chi connectivity index (χ2v) is 4.07. The Bertz CT molecular complexity index is 487. The Morgan fingerprint density at radius 3 is 3.12 bits per heavy atom. The molecule has 0 amide bonds. The van der Waals surface area contributed by atoms with Crippen molar-refractivity contribution in [3.05, 3.63) is 30.1 Å². The molecule has 0 saturated carbocycles. The van der Waals surface area contributed by atoms with Crippen LogP contribution in [0.15, 0.2) is 24.5 Å². The van der Waals surface area contributed by atoms with Crippen LogP contribution in [0.4, 0.5) is 5.13 Å². The van der Waals surface area contributed by atoms with Crippen molar-refractivity contribution in [2.45, 2.75) is 6.54 Å². The molecule has 0 unspecified atom stereocenters. The van der Waals surface area contributed by atoms with E-state index < -0.39 is 0 Å². The van der Waals surface area contributed by atoms with E-state index in [1.807, 2.05) is 18.2 Å². The number of nitrogens with one attached hydrogen (secondary N) is 1. The lowest BCUT2D eigenvalue weighted by atomic mass is 10.2. The maximum Gasteiger partial charge on any atom is 0.231 e. The molecule has 5 nitrogen and oxygen atoms in total. The standard InChI is InChI=1S/C10H9N3O2S/c1-2-8-9(15-6-14-8)3-7(1)4-11-10-12-5-13-16-10/h1-3,5H,4,6H2,(H,11,12,13). The van der Waals surface area contributed by atoms with E-state index in [1.54, 1.807) is 0 Å². The molecule has 0 atom stereocenters. The summed E-state index contributed by atoms with van der Waals surface area (Å²) in [6.07, 6.45) is 1.53. The maximum atomic E-state index is 5.30. The van der Waals surface area contributed by atoms with Gasteiger partial charge in [0.1, 0.15) is 6.33 Å². The molecule has 0 bridgehead atoms. The Labute approximate surface area is 96.2 Å². The van der Waals surface area contributed by atoms with E-state index in [-0.39, 0.29) is 0 Å². The summed E-state index contributed by atoms with van der Waals surface area (Å²) in [6.45, 7) is 1.01. The Morgan fingerprint density at radius 1 is 1.31 bits per heavy atom. The molecule has 6 heteroatoms. The highest BCUT2D eigenvalue weighted by Gasteiger charge is 2.12. The van der Waals surface area contributed by atoms with Crippen LogP contribution in [0.3, 0.4) is 0 Å². The summed E-state index contributed by atoms with van der Waals surface area (Å²) in [4.78, 5) is 4.04. The number of nitrogens with zero attached hydrogens (tertiary/aromatic N) is 2. The van der Waals surface area contributed by atoms with Crippen LogP contribution in [0.1, 0.15) is 5.56 Å². The van der Waals surface area contributed by atoms with Crippen LogP contribution in [-0.4, -0.2) is 16.2 Å². The van der Waals surface area contributed by atoms with E-state index in [1.165, 1.54) is 17.9 Å². The zero-order valence-corrected chi connectivity index (χ0v) is 9.16. The van der Waals surface area contributed by atoms with Gasteiger partial charge in [-0.15, -0.1) is 0 Å². The fraction of sp³-hybridized carbons (Fsp3) is 0.200. The first kappa shape index (κ1) is 9.41. The molecule has 1 aromatic heterocycles. The van der Waals surface area contributed by atoms with Crippen molar-refractivity contribution in [2.75, 3.05) is 12.1 Å². The molecule has 1 aromatic carbocycles. The van der Waals surface area contributed by atoms with Crippen molar-refractivity contribution in [1.29, 1.82) is 0 Å². The Morgan fingerprint density at radius 2 is 2.25 bits per heavy atom. The number of ether oxygens (including phenoxy) is 2. The molecule has 1 N–H and O–H groups in total. The van der Waals surface area contributed by atoms with E-state index in [2.05, 4.69) is 14.7 Å². The zero-order chi connectivity index (χ0) is 10.8. The summed E-state index contributed by atoms with van der Waals surface area (Å²) < 4.78 is 14.5. The quantitative estimate of drug-likeness (QED) is 0.880. The van der Waals surface area contributed by atoms with Crippen LogP contribution in [0, 0.1) is 0 Å². The number of anilines is 1. The van der Waals surface area contributed by atoms with Crippen LogP contribution >= 0.6 is 11.5 Å². The number of hydrogen-bond donors (Lipinski definition) is 1. The summed E-state index contributed by atoms with van der Waals surface area (Å²) in [7, 11) is 0. The van der Waals surface area contributed by atoms with Gasteiger partial charge in [-0.3, -0.25) is 0 Å². The van der Waals surface area contributed by atoms with Crippen molar-refractivity contribution in [1.82, 2.24) is 9.36 Å². The van der Waals surface area contributed by atoms with Gasteiger partial charge in [-0.25, -0.2) is 4.98 Å². The molecule has 0 spiro atoms. The molecular formula is C10H9N3O2S. The predicted octanol–water partition coefficient (Wildman–Crippen LogP) is 1.88. The molecule has 0 saturated heterocycles. The molecule has 0 fully saturated rings. The van der Waals surface area contributed by atoms with Gasteiger partial charge in [0.2, 0.25) is 11.9 Å². The summed E-state index contributed by atoms with van der Waals surface area (Å²) >= 11 is 1.34. The lowest BCUT2D eigenvalue weighted by Crippen LogP contribution is -1.98. The largest absolute Gasteiger partial charge is 0.454 e. The normalized spacial score (nSPS) is 12.8. The highest BCUT2D eigenvalue weighted by atomic mass is 32.1. The molecule has 3 rings (SSSR count). The minimum absolute atomic E-state index is 0.308. The van der Waals surface area contributed by atoms with Crippen molar-refractivity contribution in [2.24, 2.45) is 0 Å². The number of aromatic nitrogens is 2. The first-order chi connectivity index (χ1) is 7.92. The first-order valence-electron chi connectivity index (χ1n) is 4.81. The van der Waals surface area contributed by atoms with Crippen molar-refractivity contribution in [3.63, 3.8) is 0 Å². The third-order valence-electron chi connectivity index (χ3n) is 2.24. The zero-order valence-electron chi connectivity index (χ0n) is 8.34. The predicted molar refractivity (Wildman–Crippen MR) is 59.8 cm³/mol. The summed E-state index contributed by atoms with van der Waals surface area (Å²) in [5, 5.41) is 4.00. The Hall–Kier alpha value is -1.82. The second-order valence-electron chi connectivity index (χ2n) is 3.29. The lowest BCUT2D eigenvalue weighted by Gasteiger charge is -2.03. The van der Waals surface area contributed by atoms with Gasteiger partial charge in [0.25, 0.3) is 0 Å². The number of hydrogen-bond acceptors (Lipinski definition) is 6. The molecule has 1 aliphatic heterocycles. The minimum Gasteiger partial charge on any atom is -0.454 e. The monoisotopic (exact) mass is 235 g/mol. The van der Waals surface area contributed by atoms with Gasteiger partial charge in [-0.1, -0.05) is 6.07 Å². The van der Waals surface area contributed by atoms with Crippen LogP contribution in [0.25, 0.3) is 0 Å². The SMILES string of the molecule is c1nsc(NCc2ccc3c(c2)OCO3)n1. The van der Waals surface area contributed by atoms with Gasteiger partial charge in [0, 0.05) is 18.1 Å². The lowest BCUT2D eigenvalue weighted by molar-refractivity contribution is 0.174. The van der Waals surface area contributed by atoms with E-state index in [4.69, 9.17) is 9.47 Å². The molecule has 2 aromatic rings. The average molecular weight is 235 g/mol. The van der Waals surface area contributed by atoms with Gasteiger partial charge in [0.15, 0.2) is 11.5 Å². The Balaban J connectivity index is 1.71. The Kier molecular flexibility index (Phi) is 2.34. The third kappa shape index (κ3) is 1.79. The van der Waals surface area contributed by atoms with Gasteiger partial charge < -0.3 is 14.8 Å². The van der Waals surface area contributed by atoms with Crippen molar-refractivity contribution in [3.8, 4) is 11.5 Å². The number of rotatable bonds is 3. The average Bonchev–Trinajstić information content (AvgIpc) is 2.97. The van der Waals surface area contributed by atoms with E-state index in [0.717, 1.165) is 22.2 Å². The van der Waals surface area contributed by atoms with E-state index in [9.17, 15) is 0 Å². The second kappa shape index (κ2) is 3.97. The maximum absolute atomic E-state index is 5.30. The van der Waals surface area contributed by atoms with Gasteiger partial charge >= 0.3 is 0 Å². The minimum atomic E-state index is 0.308. The van der Waals surface area contributed by atoms with Crippen molar-refractivity contribution < 1.29 is 9.47 Å². The highest BCUT2D eigenvalue weighted by Crippen LogP contribution is 2.32. The first-order valence-corrected chi connectivity index (χ1v) is 5.58. The smallest absolute Gasteiger partial charge is 0.231 e. The van der Waals surface area contributed by atoms with Crippen molar-refractivity contribution >= 4 is 16.7 Å². The summed E-state index contributed by atoms with van der Waals surface area (Å²) in [6, 6.07) is 5.89. The van der Waals surface area contributed by atoms with Gasteiger partial charge in [-0.2, -0.15) is 4.37 Å². The summed E-state index contributed by atoms with van der Waals surface area (Å²) in [5.74, 6) is 1.61. The molecular weight excluding hydrogens is 226 g/mol. The molecule has 0 radical (unpaired) electrons. The van der Waals surface area contributed by atoms with E-state index in [0.29, 0.717) is 13.3 Å². The topological polar surface area (TPSA) is 56.3 Å². The molecule has 0 aliphatic carbocycles. The fourth-order valence-electron chi connectivity index (χ4n) is 1.48. The third-order valence-corrected chi connectivity index (χ3v) is 2.86. The van der Waals surface area contributed by atoms with Crippen LogP contribution < -0.4 is 14.8 Å².